The predicted molar refractivity (Wildman–Crippen MR) is 72.5 cm³/mol. The lowest BCUT2D eigenvalue weighted by Crippen LogP contribution is -2.15. The van der Waals surface area contributed by atoms with Crippen LogP contribution in [-0.4, -0.2) is 4.98 Å². The molecule has 0 amide bonds. The number of aromatic nitrogens is 1. The number of rotatable bonds is 3. The van der Waals surface area contributed by atoms with Crippen molar-refractivity contribution in [2.75, 3.05) is 5.32 Å². The monoisotopic (exact) mass is 280 g/mol. The molecule has 0 aliphatic carbocycles. The van der Waals surface area contributed by atoms with Gasteiger partial charge in [0.05, 0.1) is 17.4 Å². The van der Waals surface area contributed by atoms with Gasteiger partial charge in [-0.15, -0.1) is 0 Å². The topological polar surface area (TPSA) is 24.9 Å². The van der Waals surface area contributed by atoms with E-state index in [0.29, 0.717) is 0 Å². The molecule has 2 aromatic rings. The summed E-state index contributed by atoms with van der Waals surface area (Å²) in [5, 5.41) is 3.08. The Morgan fingerprint density at radius 1 is 1.15 bits per heavy atom. The maximum Gasteiger partial charge on any atom is 0.416 e. The van der Waals surface area contributed by atoms with Crippen LogP contribution in [0.15, 0.2) is 42.7 Å². The second kappa shape index (κ2) is 5.53. The summed E-state index contributed by atoms with van der Waals surface area (Å²) in [4.78, 5) is 3.98. The molecule has 20 heavy (non-hydrogen) atoms. The van der Waals surface area contributed by atoms with Crippen LogP contribution in [0.1, 0.15) is 29.7 Å². The molecule has 0 bridgehead atoms. The molecule has 5 heteroatoms. The third-order valence-corrected chi connectivity index (χ3v) is 3.14. The summed E-state index contributed by atoms with van der Waals surface area (Å²) >= 11 is 0. The van der Waals surface area contributed by atoms with Gasteiger partial charge in [0.1, 0.15) is 0 Å². The van der Waals surface area contributed by atoms with Gasteiger partial charge in [0.15, 0.2) is 0 Å². The van der Waals surface area contributed by atoms with Crippen LogP contribution in [0.25, 0.3) is 0 Å². The SMILES string of the molecule is Cc1ccncc1NC(C)c1ccccc1C(F)(F)F. The van der Waals surface area contributed by atoms with Crippen LogP contribution in [0.5, 0.6) is 0 Å². The van der Waals surface area contributed by atoms with Gasteiger partial charge in [0.2, 0.25) is 0 Å². The smallest absolute Gasteiger partial charge is 0.377 e. The molecule has 0 aliphatic rings. The zero-order chi connectivity index (χ0) is 14.8. The van der Waals surface area contributed by atoms with E-state index in [1.54, 1.807) is 25.4 Å². The van der Waals surface area contributed by atoms with E-state index in [4.69, 9.17) is 0 Å². The third-order valence-electron chi connectivity index (χ3n) is 3.14. The van der Waals surface area contributed by atoms with Gasteiger partial charge < -0.3 is 5.32 Å². The van der Waals surface area contributed by atoms with Gasteiger partial charge in [0, 0.05) is 12.2 Å². The Balaban J connectivity index is 2.31. The minimum atomic E-state index is -4.35. The number of aryl methyl sites for hydroxylation is 1. The molecule has 0 radical (unpaired) electrons. The van der Waals surface area contributed by atoms with Crippen molar-refractivity contribution in [1.82, 2.24) is 4.98 Å². The van der Waals surface area contributed by atoms with Crippen molar-refractivity contribution < 1.29 is 13.2 Å². The van der Waals surface area contributed by atoms with Crippen LogP contribution >= 0.6 is 0 Å². The van der Waals surface area contributed by atoms with E-state index >= 15 is 0 Å². The van der Waals surface area contributed by atoms with E-state index < -0.39 is 17.8 Å². The van der Waals surface area contributed by atoms with Crippen LogP contribution in [-0.2, 0) is 6.18 Å². The second-order valence-electron chi connectivity index (χ2n) is 4.64. The second-order valence-corrected chi connectivity index (χ2v) is 4.64. The average molecular weight is 280 g/mol. The zero-order valence-corrected chi connectivity index (χ0v) is 11.2. The number of hydrogen-bond donors (Lipinski definition) is 1. The summed E-state index contributed by atoms with van der Waals surface area (Å²) in [6, 6.07) is 6.95. The fourth-order valence-corrected chi connectivity index (χ4v) is 2.06. The Kier molecular flexibility index (Phi) is 3.97. The molecular weight excluding hydrogens is 265 g/mol. The highest BCUT2D eigenvalue weighted by Gasteiger charge is 2.34. The predicted octanol–water partition coefficient (Wildman–Crippen LogP) is 4.58. The molecule has 1 unspecified atom stereocenters. The minimum Gasteiger partial charge on any atom is -0.377 e. The van der Waals surface area contributed by atoms with Crippen molar-refractivity contribution in [2.24, 2.45) is 0 Å². The fourth-order valence-electron chi connectivity index (χ4n) is 2.06. The molecule has 1 heterocycles. The molecule has 2 rings (SSSR count). The maximum absolute atomic E-state index is 13.0. The summed E-state index contributed by atoms with van der Waals surface area (Å²) in [6.07, 6.45) is -1.09. The number of nitrogens with one attached hydrogen (secondary N) is 1. The molecule has 0 spiro atoms. The Morgan fingerprint density at radius 2 is 1.85 bits per heavy atom. The van der Waals surface area contributed by atoms with Crippen molar-refractivity contribution >= 4 is 5.69 Å². The van der Waals surface area contributed by atoms with Crippen molar-refractivity contribution in [2.45, 2.75) is 26.1 Å². The van der Waals surface area contributed by atoms with Gasteiger partial charge in [-0.05, 0) is 37.1 Å². The summed E-state index contributed by atoms with van der Waals surface area (Å²) in [5.41, 5.74) is 1.29. The molecule has 106 valence electrons. The van der Waals surface area contributed by atoms with Crippen molar-refractivity contribution in [3.8, 4) is 0 Å². The van der Waals surface area contributed by atoms with Crippen molar-refractivity contribution in [3.63, 3.8) is 0 Å². The molecule has 2 nitrogen and oxygen atoms in total. The quantitative estimate of drug-likeness (QED) is 0.890. The Morgan fingerprint density at radius 3 is 2.50 bits per heavy atom. The van der Waals surface area contributed by atoms with E-state index in [1.807, 2.05) is 13.0 Å². The van der Waals surface area contributed by atoms with Gasteiger partial charge in [0.25, 0.3) is 0 Å². The fraction of sp³-hybridized carbons (Fsp3) is 0.267. The Hall–Kier alpha value is -2.04. The normalized spacial score (nSPS) is 13.1. The van der Waals surface area contributed by atoms with Crippen LogP contribution in [0, 0.1) is 6.92 Å². The standard InChI is InChI=1S/C15H15F3N2/c1-10-7-8-19-9-14(10)20-11(2)12-5-3-4-6-13(12)15(16,17)18/h3-9,11,20H,1-2H3. The molecular formula is C15H15F3N2. The van der Waals surface area contributed by atoms with E-state index in [-0.39, 0.29) is 5.56 Å². The van der Waals surface area contributed by atoms with Crippen LogP contribution in [0.2, 0.25) is 0 Å². The number of nitrogens with zero attached hydrogens (tertiary/aromatic N) is 1. The summed E-state index contributed by atoms with van der Waals surface area (Å²) in [5.74, 6) is 0. The van der Waals surface area contributed by atoms with Gasteiger partial charge in [-0.3, -0.25) is 4.98 Å². The molecule has 0 aliphatic heterocycles. The van der Waals surface area contributed by atoms with Gasteiger partial charge in [-0.25, -0.2) is 0 Å². The van der Waals surface area contributed by atoms with E-state index in [9.17, 15) is 13.2 Å². The molecule has 0 fully saturated rings. The van der Waals surface area contributed by atoms with Gasteiger partial charge in [-0.1, -0.05) is 18.2 Å². The number of pyridine rings is 1. The lowest BCUT2D eigenvalue weighted by atomic mass is 10.0. The molecule has 0 saturated carbocycles. The summed E-state index contributed by atoms with van der Waals surface area (Å²) < 4.78 is 39.0. The number of anilines is 1. The highest BCUT2D eigenvalue weighted by atomic mass is 19.4. The maximum atomic E-state index is 13.0. The molecule has 1 aromatic heterocycles. The lowest BCUT2D eigenvalue weighted by molar-refractivity contribution is -0.138. The molecule has 1 atom stereocenters. The summed E-state index contributed by atoms with van der Waals surface area (Å²) in [6.45, 7) is 3.59. The Bertz CT molecular complexity index is 594. The first kappa shape index (κ1) is 14.4. The van der Waals surface area contributed by atoms with E-state index in [1.165, 1.54) is 12.1 Å². The van der Waals surface area contributed by atoms with E-state index in [0.717, 1.165) is 17.3 Å². The number of alkyl halides is 3. The minimum absolute atomic E-state index is 0.225. The van der Waals surface area contributed by atoms with Crippen LogP contribution in [0.3, 0.4) is 0 Å². The number of benzene rings is 1. The van der Waals surface area contributed by atoms with Crippen molar-refractivity contribution in [3.05, 3.63) is 59.4 Å². The summed E-state index contributed by atoms with van der Waals surface area (Å²) in [7, 11) is 0. The van der Waals surface area contributed by atoms with Gasteiger partial charge in [-0.2, -0.15) is 13.2 Å². The van der Waals surface area contributed by atoms with Gasteiger partial charge >= 0.3 is 6.18 Å². The first-order chi connectivity index (χ1) is 9.39. The highest BCUT2D eigenvalue weighted by Crippen LogP contribution is 2.35. The first-order valence-corrected chi connectivity index (χ1v) is 6.23. The number of halogens is 3. The third kappa shape index (κ3) is 3.10. The average Bonchev–Trinajstić information content (AvgIpc) is 2.40. The largest absolute Gasteiger partial charge is 0.416 e. The number of hydrogen-bond acceptors (Lipinski definition) is 2. The molecule has 1 aromatic carbocycles. The zero-order valence-electron chi connectivity index (χ0n) is 11.2. The Labute approximate surface area is 115 Å². The lowest BCUT2D eigenvalue weighted by Gasteiger charge is -2.21. The first-order valence-electron chi connectivity index (χ1n) is 6.23. The molecule has 0 saturated heterocycles. The van der Waals surface area contributed by atoms with Crippen molar-refractivity contribution in [1.29, 1.82) is 0 Å². The molecule has 1 N–H and O–H groups in total. The van der Waals surface area contributed by atoms with Crippen LogP contribution < -0.4 is 5.32 Å². The van der Waals surface area contributed by atoms with E-state index in [2.05, 4.69) is 10.3 Å². The van der Waals surface area contributed by atoms with Crippen LogP contribution in [0.4, 0.5) is 18.9 Å². The highest BCUT2D eigenvalue weighted by molar-refractivity contribution is 5.50.